The van der Waals surface area contributed by atoms with E-state index >= 15 is 0 Å². The van der Waals surface area contributed by atoms with E-state index in [4.69, 9.17) is 10.8 Å². The molecule has 0 aromatic carbocycles. The van der Waals surface area contributed by atoms with Gasteiger partial charge in [0.05, 0.1) is 0 Å². The molecule has 8 nitrogen and oxygen atoms in total. The zero-order valence-corrected chi connectivity index (χ0v) is 10.3. The molecule has 1 amide bonds. The third-order valence-corrected chi connectivity index (χ3v) is 2.39. The lowest BCUT2D eigenvalue weighted by atomic mass is 10.2. The largest absolute Gasteiger partial charge is 0.481 e. The van der Waals surface area contributed by atoms with E-state index in [1.807, 2.05) is 13.8 Å². The van der Waals surface area contributed by atoms with Crippen LogP contribution in [-0.4, -0.2) is 44.8 Å². The summed E-state index contributed by atoms with van der Waals surface area (Å²) in [6, 6.07) is -0.0950. The molecular formula is C10H16N4O4. The highest BCUT2D eigenvalue weighted by Gasteiger charge is 2.24. The van der Waals surface area contributed by atoms with E-state index in [9.17, 15) is 9.59 Å². The third kappa shape index (κ3) is 3.44. The maximum Gasteiger partial charge on any atom is 0.303 e. The van der Waals surface area contributed by atoms with E-state index in [0.29, 0.717) is 13.0 Å². The summed E-state index contributed by atoms with van der Waals surface area (Å²) in [4.78, 5) is 24.0. The van der Waals surface area contributed by atoms with Crippen LogP contribution in [0.3, 0.4) is 0 Å². The van der Waals surface area contributed by atoms with Gasteiger partial charge in [0, 0.05) is 19.0 Å². The smallest absolute Gasteiger partial charge is 0.303 e. The molecule has 18 heavy (non-hydrogen) atoms. The van der Waals surface area contributed by atoms with Crippen LogP contribution in [0.1, 0.15) is 37.2 Å². The van der Waals surface area contributed by atoms with Crippen molar-refractivity contribution < 1.29 is 19.3 Å². The van der Waals surface area contributed by atoms with Gasteiger partial charge in [0.1, 0.15) is 0 Å². The molecule has 0 aliphatic rings. The van der Waals surface area contributed by atoms with Crippen molar-refractivity contribution in [1.82, 2.24) is 15.2 Å². The minimum absolute atomic E-state index is 0.00302. The van der Waals surface area contributed by atoms with Gasteiger partial charge in [-0.3, -0.25) is 9.59 Å². The summed E-state index contributed by atoms with van der Waals surface area (Å²) in [5.74, 6) is -1.37. The molecular weight excluding hydrogens is 240 g/mol. The van der Waals surface area contributed by atoms with Gasteiger partial charge in [-0.05, 0) is 30.6 Å². The van der Waals surface area contributed by atoms with Gasteiger partial charge in [-0.1, -0.05) is 0 Å². The molecule has 0 aliphatic carbocycles. The molecule has 1 aromatic heterocycles. The zero-order chi connectivity index (χ0) is 13.7. The first-order chi connectivity index (χ1) is 8.43. The Bertz CT molecular complexity index is 429. The average Bonchev–Trinajstić information content (AvgIpc) is 2.69. The number of nitrogens with two attached hydrogens (primary N) is 1. The Hall–Kier alpha value is -2.12. The molecule has 0 bridgehead atoms. The van der Waals surface area contributed by atoms with E-state index in [2.05, 4.69) is 14.9 Å². The molecule has 0 unspecified atom stereocenters. The molecule has 3 N–H and O–H groups in total. The Labute approximate surface area is 104 Å². The third-order valence-electron chi connectivity index (χ3n) is 2.39. The average molecular weight is 256 g/mol. The Morgan fingerprint density at radius 3 is 2.56 bits per heavy atom. The number of amides is 1. The van der Waals surface area contributed by atoms with Crippen LogP contribution in [-0.2, 0) is 4.79 Å². The molecule has 1 heterocycles. The summed E-state index contributed by atoms with van der Waals surface area (Å²) in [7, 11) is 0. The van der Waals surface area contributed by atoms with Gasteiger partial charge < -0.3 is 15.7 Å². The van der Waals surface area contributed by atoms with Gasteiger partial charge in [0.2, 0.25) is 11.5 Å². The first-order valence-corrected chi connectivity index (χ1v) is 5.54. The highest BCUT2D eigenvalue weighted by Crippen LogP contribution is 2.12. The van der Waals surface area contributed by atoms with Gasteiger partial charge in [-0.15, -0.1) is 0 Å². The quantitative estimate of drug-likeness (QED) is 0.753. The van der Waals surface area contributed by atoms with Crippen molar-refractivity contribution in [3.05, 3.63) is 5.69 Å². The van der Waals surface area contributed by atoms with E-state index in [0.717, 1.165) is 0 Å². The van der Waals surface area contributed by atoms with Gasteiger partial charge in [-0.2, -0.15) is 0 Å². The number of carbonyl (C=O) groups is 2. The summed E-state index contributed by atoms with van der Waals surface area (Å²) in [6.07, 6.45) is 0.369. The van der Waals surface area contributed by atoms with Crippen molar-refractivity contribution >= 4 is 17.7 Å². The highest BCUT2D eigenvalue weighted by molar-refractivity contribution is 5.96. The number of carbonyl (C=O) groups excluding carboxylic acids is 1. The first-order valence-electron chi connectivity index (χ1n) is 5.54. The number of aromatic nitrogens is 2. The fourth-order valence-corrected chi connectivity index (χ4v) is 1.47. The second kappa shape index (κ2) is 5.99. The highest BCUT2D eigenvalue weighted by atomic mass is 16.6. The van der Waals surface area contributed by atoms with Crippen LogP contribution in [0.2, 0.25) is 0 Å². The predicted molar refractivity (Wildman–Crippen MR) is 61.8 cm³/mol. The normalized spacial score (nSPS) is 10.6. The Kier molecular flexibility index (Phi) is 4.64. The van der Waals surface area contributed by atoms with E-state index in [1.165, 1.54) is 4.90 Å². The van der Waals surface area contributed by atoms with Gasteiger partial charge in [0.25, 0.3) is 5.91 Å². The van der Waals surface area contributed by atoms with Crippen LogP contribution < -0.4 is 5.73 Å². The molecule has 0 saturated carbocycles. The number of anilines is 1. The summed E-state index contributed by atoms with van der Waals surface area (Å²) in [6.45, 7) is 3.96. The molecule has 1 rings (SSSR count). The van der Waals surface area contributed by atoms with Gasteiger partial charge >= 0.3 is 5.97 Å². The van der Waals surface area contributed by atoms with Crippen molar-refractivity contribution in [3.63, 3.8) is 0 Å². The van der Waals surface area contributed by atoms with Crippen LogP contribution >= 0.6 is 0 Å². The van der Waals surface area contributed by atoms with E-state index < -0.39 is 11.9 Å². The zero-order valence-electron chi connectivity index (χ0n) is 10.3. The second-order valence-corrected chi connectivity index (χ2v) is 4.09. The number of hydrogen-bond donors (Lipinski definition) is 2. The fourth-order valence-electron chi connectivity index (χ4n) is 1.47. The van der Waals surface area contributed by atoms with Crippen molar-refractivity contribution in [1.29, 1.82) is 0 Å². The second-order valence-electron chi connectivity index (χ2n) is 4.09. The number of nitrogen functional groups attached to an aromatic ring is 1. The Balaban J connectivity index is 2.70. The van der Waals surface area contributed by atoms with Crippen molar-refractivity contribution in [3.8, 4) is 0 Å². The van der Waals surface area contributed by atoms with Crippen molar-refractivity contribution in [2.75, 3.05) is 12.3 Å². The fraction of sp³-hybridized carbons (Fsp3) is 0.600. The van der Waals surface area contributed by atoms with Gasteiger partial charge in [0.15, 0.2) is 0 Å². The maximum absolute atomic E-state index is 12.1. The maximum atomic E-state index is 12.1. The van der Waals surface area contributed by atoms with Crippen molar-refractivity contribution in [2.45, 2.75) is 32.7 Å². The van der Waals surface area contributed by atoms with Gasteiger partial charge in [-0.25, -0.2) is 4.63 Å². The topological polar surface area (TPSA) is 123 Å². The lowest BCUT2D eigenvalue weighted by molar-refractivity contribution is -0.137. The van der Waals surface area contributed by atoms with E-state index in [1.54, 1.807) is 0 Å². The number of nitrogens with zero attached hydrogens (tertiary/aromatic N) is 3. The summed E-state index contributed by atoms with van der Waals surface area (Å²) in [5.41, 5.74) is 5.40. The van der Waals surface area contributed by atoms with Crippen LogP contribution in [0, 0.1) is 0 Å². The summed E-state index contributed by atoms with van der Waals surface area (Å²) >= 11 is 0. The van der Waals surface area contributed by atoms with Crippen LogP contribution in [0.4, 0.5) is 5.82 Å². The molecule has 0 fully saturated rings. The number of rotatable bonds is 6. The number of hydrogen-bond acceptors (Lipinski definition) is 6. The molecule has 0 aliphatic heterocycles. The Morgan fingerprint density at radius 2 is 2.11 bits per heavy atom. The van der Waals surface area contributed by atoms with Crippen LogP contribution in [0.15, 0.2) is 4.63 Å². The molecule has 0 spiro atoms. The molecule has 0 atom stereocenters. The van der Waals surface area contributed by atoms with Crippen molar-refractivity contribution in [2.24, 2.45) is 0 Å². The number of aliphatic carboxylic acids is 1. The predicted octanol–water partition coefficient (Wildman–Crippen LogP) is 0.367. The molecule has 0 radical (unpaired) electrons. The molecule has 1 aromatic rings. The molecule has 8 heteroatoms. The number of carboxylic acids is 1. The minimum Gasteiger partial charge on any atom is -0.481 e. The minimum atomic E-state index is -0.895. The SMILES string of the molecule is CC(C)N(CCCC(=O)O)C(=O)c1nonc1N. The van der Waals surface area contributed by atoms with E-state index in [-0.39, 0.29) is 24.0 Å². The first kappa shape index (κ1) is 13.9. The Morgan fingerprint density at radius 1 is 1.44 bits per heavy atom. The molecule has 100 valence electrons. The summed E-state index contributed by atoms with van der Waals surface area (Å²) in [5, 5.41) is 15.4. The summed E-state index contributed by atoms with van der Waals surface area (Å²) < 4.78 is 4.37. The lowest BCUT2D eigenvalue weighted by Gasteiger charge is -2.25. The monoisotopic (exact) mass is 256 g/mol. The molecule has 0 saturated heterocycles. The lowest BCUT2D eigenvalue weighted by Crippen LogP contribution is -2.38. The van der Waals surface area contributed by atoms with Crippen LogP contribution in [0.5, 0.6) is 0 Å². The van der Waals surface area contributed by atoms with Crippen LogP contribution in [0.25, 0.3) is 0 Å². The number of carboxylic acid groups (broad SMARTS) is 1. The standard InChI is InChI=1S/C10H16N4O4/c1-6(2)14(5-3-4-7(15)16)10(17)8-9(11)13-18-12-8/h6H,3-5H2,1-2H3,(H2,11,13)(H,15,16).